The Morgan fingerprint density at radius 1 is 1.42 bits per heavy atom. The molecule has 1 amide bonds. The van der Waals surface area contributed by atoms with Crippen molar-refractivity contribution in [1.29, 1.82) is 0 Å². The van der Waals surface area contributed by atoms with E-state index in [0.717, 1.165) is 5.75 Å². The second-order valence-corrected chi connectivity index (χ2v) is 5.95. The molecule has 0 saturated heterocycles. The van der Waals surface area contributed by atoms with E-state index < -0.39 is 0 Å². The van der Waals surface area contributed by atoms with Crippen LogP contribution in [0.2, 0.25) is 0 Å². The van der Waals surface area contributed by atoms with Gasteiger partial charge >= 0.3 is 0 Å². The summed E-state index contributed by atoms with van der Waals surface area (Å²) in [5, 5.41) is 11.4. The molecule has 1 aromatic carbocycles. The van der Waals surface area contributed by atoms with Gasteiger partial charge in [0.15, 0.2) is 0 Å². The van der Waals surface area contributed by atoms with Crippen molar-refractivity contribution >= 4 is 17.7 Å². The van der Waals surface area contributed by atoms with Gasteiger partial charge in [-0.1, -0.05) is 25.1 Å². The number of aliphatic hydroxyl groups is 1. The summed E-state index contributed by atoms with van der Waals surface area (Å²) >= 11 is 1.49. The summed E-state index contributed by atoms with van der Waals surface area (Å²) in [6, 6.07) is 6.39. The maximum Gasteiger partial charge on any atom is 0.233 e. The van der Waals surface area contributed by atoms with Crippen LogP contribution in [0, 0.1) is 11.7 Å². The smallest absolute Gasteiger partial charge is 0.233 e. The second kappa shape index (κ2) is 8.17. The zero-order chi connectivity index (χ0) is 14.3. The normalized spacial score (nSPS) is 13.9. The van der Waals surface area contributed by atoms with Gasteiger partial charge in [0.1, 0.15) is 5.82 Å². The van der Waals surface area contributed by atoms with Crippen LogP contribution < -0.4 is 5.32 Å². The summed E-state index contributed by atoms with van der Waals surface area (Å²) in [7, 11) is 0. The van der Waals surface area contributed by atoms with E-state index in [1.54, 1.807) is 18.2 Å². The highest BCUT2D eigenvalue weighted by Crippen LogP contribution is 2.15. The van der Waals surface area contributed by atoms with Gasteiger partial charge in [-0.3, -0.25) is 4.79 Å². The van der Waals surface area contributed by atoms with Crippen LogP contribution in [0.25, 0.3) is 0 Å². The topological polar surface area (TPSA) is 49.3 Å². The first kappa shape index (κ1) is 16.0. The quantitative estimate of drug-likeness (QED) is 0.807. The van der Waals surface area contributed by atoms with Gasteiger partial charge in [-0.25, -0.2) is 4.39 Å². The van der Waals surface area contributed by atoms with Crippen molar-refractivity contribution in [2.45, 2.75) is 25.6 Å². The lowest BCUT2D eigenvalue weighted by molar-refractivity contribution is -0.120. The molecule has 19 heavy (non-hydrogen) atoms. The van der Waals surface area contributed by atoms with E-state index in [1.165, 1.54) is 17.8 Å². The van der Waals surface area contributed by atoms with Gasteiger partial charge in [-0.2, -0.15) is 0 Å². The van der Waals surface area contributed by atoms with E-state index in [2.05, 4.69) is 5.32 Å². The lowest BCUT2D eigenvalue weighted by Crippen LogP contribution is -2.31. The molecule has 2 N–H and O–H groups in total. The number of carbonyl (C=O) groups is 1. The number of thioether (sulfide) groups is 1. The highest BCUT2D eigenvalue weighted by atomic mass is 32.2. The monoisotopic (exact) mass is 285 g/mol. The Kier molecular flexibility index (Phi) is 6.87. The molecule has 106 valence electrons. The van der Waals surface area contributed by atoms with E-state index in [4.69, 9.17) is 5.11 Å². The third-order valence-electron chi connectivity index (χ3n) is 2.72. The molecule has 1 rings (SSSR count). The number of amides is 1. The number of nitrogens with one attached hydrogen (secondary N) is 1. The molecule has 5 heteroatoms. The summed E-state index contributed by atoms with van der Waals surface area (Å²) in [5.74, 6) is 0.479. The van der Waals surface area contributed by atoms with Gasteiger partial charge < -0.3 is 10.4 Å². The summed E-state index contributed by atoms with van der Waals surface area (Å²) in [6.45, 7) is 4.06. The molecule has 0 aliphatic carbocycles. The first-order valence-corrected chi connectivity index (χ1v) is 7.33. The predicted molar refractivity (Wildman–Crippen MR) is 76.4 cm³/mol. The Morgan fingerprint density at radius 3 is 2.74 bits per heavy atom. The van der Waals surface area contributed by atoms with Crippen molar-refractivity contribution in [2.24, 2.45) is 5.92 Å². The van der Waals surface area contributed by atoms with Gasteiger partial charge in [0.05, 0.1) is 5.25 Å². The largest absolute Gasteiger partial charge is 0.396 e. The van der Waals surface area contributed by atoms with Crippen molar-refractivity contribution in [3.8, 4) is 0 Å². The Morgan fingerprint density at radius 2 is 2.11 bits per heavy atom. The highest BCUT2D eigenvalue weighted by molar-refractivity contribution is 8.00. The zero-order valence-electron chi connectivity index (χ0n) is 11.2. The third-order valence-corrected chi connectivity index (χ3v) is 4.20. The molecule has 0 aliphatic rings. The number of aliphatic hydroxyl groups excluding tert-OH is 1. The van der Waals surface area contributed by atoms with Gasteiger partial charge in [0, 0.05) is 18.7 Å². The molecule has 0 bridgehead atoms. The van der Waals surface area contributed by atoms with E-state index >= 15 is 0 Å². The van der Waals surface area contributed by atoms with Crippen molar-refractivity contribution in [3.05, 3.63) is 35.6 Å². The summed E-state index contributed by atoms with van der Waals surface area (Å²) < 4.78 is 13.4. The van der Waals surface area contributed by atoms with Crippen LogP contribution in [-0.2, 0) is 11.3 Å². The molecule has 2 atom stereocenters. The predicted octanol–water partition coefficient (Wildman–Crippen LogP) is 2.19. The molecule has 0 aliphatic heterocycles. The molecule has 1 aromatic rings. The molecule has 0 saturated carbocycles. The lowest BCUT2D eigenvalue weighted by Gasteiger charge is -2.14. The van der Waals surface area contributed by atoms with Crippen LogP contribution in [-0.4, -0.2) is 28.6 Å². The number of halogens is 1. The van der Waals surface area contributed by atoms with Crippen molar-refractivity contribution < 1.29 is 14.3 Å². The fourth-order valence-electron chi connectivity index (χ4n) is 1.40. The standard InChI is InChI=1S/C14H20FNO2S/c1-10(8-17)9-19-11(2)14(18)16-7-12-5-3-4-6-13(12)15/h3-6,10-11,17H,7-9H2,1-2H3,(H,16,18). The Balaban J connectivity index is 2.36. The number of rotatable bonds is 7. The molecular formula is C14H20FNO2S. The molecule has 0 spiro atoms. The van der Waals surface area contributed by atoms with Crippen LogP contribution in [0.5, 0.6) is 0 Å². The first-order valence-electron chi connectivity index (χ1n) is 6.28. The maximum absolute atomic E-state index is 13.4. The lowest BCUT2D eigenvalue weighted by atomic mass is 10.2. The minimum absolute atomic E-state index is 0.113. The fraction of sp³-hybridized carbons (Fsp3) is 0.500. The molecule has 0 aromatic heterocycles. The average molecular weight is 285 g/mol. The Bertz CT molecular complexity index is 414. The number of hydrogen-bond donors (Lipinski definition) is 2. The van der Waals surface area contributed by atoms with Crippen molar-refractivity contribution in [2.75, 3.05) is 12.4 Å². The number of carbonyl (C=O) groups excluding carboxylic acids is 1. The van der Waals surface area contributed by atoms with Crippen LogP contribution in [0.15, 0.2) is 24.3 Å². The minimum Gasteiger partial charge on any atom is -0.396 e. The van der Waals surface area contributed by atoms with Crippen molar-refractivity contribution in [3.63, 3.8) is 0 Å². The van der Waals surface area contributed by atoms with E-state index in [1.807, 2.05) is 13.8 Å². The molecule has 3 nitrogen and oxygen atoms in total. The summed E-state index contributed by atoms with van der Waals surface area (Å²) in [4.78, 5) is 11.8. The second-order valence-electron chi connectivity index (χ2n) is 4.57. The zero-order valence-corrected chi connectivity index (χ0v) is 12.0. The van der Waals surface area contributed by atoms with Crippen LogP contribution >= 0.6 is 11.8 Å². The fourth-order valence-corrected chi connectivity index (χ4v) is 2.36. The Labute approximate surface area is 117 Å². The molecule has 0 fully saturated rings. The minimum atomic E-state index is -0.308. The van der Waals surface area contributed by atoms with Crippen LogP contribution in [0.3, 0.4) is 0 Å². The van der Waals surface area contributed by atoms with E-state index in [-0.39, 0.29) is 36.0 Å². The molecular weight excluding hydrogens is 265 g/mol. The maximum atomic E-state index is 13.4. The van der Waals surface area contributed by atoms with Gasteiger partial charge in [0.2, 0.25) is 5.91 Å². The Hall–Kier alpha value is -1.07. The average Bonchev–Trinajstić information content (AvgIpc) is 2.43. The van der Waals surface area contributed by atoms with Gasteiger partial charge in [0.25, 0.3) is 0 Å². The first-order chi connectivity index (χ1) is 9.04. The summed E-state index contributed by atoms with van der Waals surface area (Å²) in [5.41, 5.74) is 0.483. The van der Waals surface area contributed by atoms with Crippen molar-refractivity contribution in [1.82, 2.24) is 5.32 Å². The SMILES string of the molecule is CC(CO)CSC(C)C(=O)NCc1ccccc1F. The van der Waals surface area contributed by atoms with E-state index in [9.17, 15) is 9.18 Å². The molecule has 2 unspecified atom stereocenters. The molecule has 0 heterocycles. The highest BCUT2D eigenvalue weighted by Gasteiger charge is 2.14. The van der Waals surface area contributed by atoms with Gasteiger partial charge in [-0.15, -0.1) is 11.8 Å². The molecule has 0 radical (unpaired) electrons. The number of benzene rings is 1. The summed E-state index contributed by atoms with van der Waals surface area (Å²) in [6.07, 6.45) is 0. The van der Waals surface area contributed by atoms with Crippen LogP contribution in [0.4, 0.5) is 4.39 Å². The van der Waals surface area contributed by atoms with Crippen LogP contribution in [0.1, 0.15) is 19.4 Å². The van der Waals surface area contributed by atoms with Gasteiger partial charge in [-0.05, 0) is 24.7 Å². The third kappa shape index (κ3) is 5.61. The van der Waals surface area contributed by atoms with E-state index in [0.29, 0.717) is 5.56 Å². The number of hydrogen-bond acceptors (Lipinski definition) is 3.